The number of aryl methyl sites for hydroxylation is 1. The van der Waals surface area contributed by atoms with Crippen LogP contribution in [-0.2, 0) is 4.74 Å². The van der Waals surface area contributed by atoms with Crippen LogP contribution in [0.2, 0.25) is 0 Å². The van der Waals surface area contributed by atoms with Crippen molar-refractivity contribution in [1.29, 1.82) is 0 Å². The Morgan fingerprint density at radius 2 is 1.64 bits per heavy atom. The molecule has 1 saturated heterocycles. The van der Waals surface area contributed by atoms with Gasteiger partial charge in [0, 0.05) is 26.2 Å². The van der Waals surface area contributed by atoms with Crippen LogP contribution in [0.3, 0.4) is 0 Å². The van der Waals surface area contributed by atoms with Gasteiger partial charge in [-0.1, -0.05) is 11.6 Å². The van der Waals surface area contributed by atoms with Crippen molar-refractivity contribution in [1.82, 2.24) is 9.80 Å². The number of hydrogen-bond donors (Lipinski definition) is 0. The third-order valence-corrected chi connectivity index (χ3v) is 6.88. The number of morpholine rings is 1. The number of fused-ring (bicyclic) bond motifs is 2. The van der Waals surface area contributed by atoms with Crippen LogP contribution in [0.1, 0.15) is 33.3 Å². The van der Waals surface area contributed by atoms with Gasteiger partial charge in [-0.3, -0.25) is 14.5 Å². The summed E-state index contributed by atoms with van der Waals surface area (Å²) in [6, 6.07) is 8.32. The average Bonchev–Trinajstić information content (AvgIpc) is 3.19. The normalized spacial score (nSPS) is 17.9. The minimum Gasteiger partial charge on any atom is -0.493 e. The molecular formula is C27H30N2O7. The second kappa shape index (κ2) is 9.83. The number of amides is 1. The van der Waals surface area contributed by atoms with Crippen molar-refractivity contribution in [3.63, 3.8) is 0 Å². The summed E-state index contributed by atoms with van der Waals surface area (Å²) in [6.45, 7) is 5.90. The zero-order chi connectivity index (χ0) is 25.4. The summed E-state index contributed by atoms with van der Waals surface area (Å²) in [5.74, 6) is 1.10. The van der Waals surface area contributed by atoms with E-state index in [0.29, 0.717) is 65.6 Å². The summed E-state index contributed by atoms with van der Waals surface area (Å²) >= 11 is 0. The lowest BCUT2D eigenvalue weighted by Crippen LogP contribution is -2.42. The average molecular weight is 495 g/mol. The van der Waals surface area contributed by atoms with E-state index in [-0.39, 0.29) is 17.1 Å². The number of rotatable bonds is 7. The van der Waals surface area contributed by atoms with Gasteiger partial charge in [0.15, 0.2) is 16.9 Å². The molecule has 9 heteroatoms. The molecule has 1 fully saturated rings. The van der Waals surface area contributed by atoms with E-state index >= 15 is 0 Å². The van der Waals surface area contributed by atoms with Crippen LogP contribution >= 0.6 is 0 Å². The molecule has 2 aliphatic rings. The summed E-state index contributed by atoms with van der Waals surface area (Å²) < 4.78 is 28.2. The molecular weight excluding hydrogens is 464 g/mol. The SMILES string of the molecule is COc1cc(C2c3c(oc4ccc(C)cc4c3=O)C(=O)N2CCN2CCOCC2)cc(OC)c1OC. The van der Waals surface area contributed by atoms with E-state index in [4.69, 9.17) is 23.4 Å². The van der Waals surface area contributed by atoms with E-state index in [0.717, 1.165) is 18.7 Å². The molecule has 1 unspecified atom stereocenters. The molecule has 0 radical (unpaired) electrons. The Balaban J connectivity index is 1.67. The largest absolute Gasteiger partial charge is 0.493 e. The minimum absolute atomic E-state index is 0.0806. The minimum atomic E-state index is -0.664. The van der Waals surface area contributed by atoms with Gasteiger partial charge in [0.25, 0.3) is 5.91 Å². The molecule has 0 bridgehead atoms. The van der Waals surface area contributed by atoms with Crippen LogP contribution in [0.4, 0.5) is 0 Å². The van der Waals surface area contributed by atoms with E-state index in [9.17, 15) is 9.59 Å². The van der Waals surface area contributed by atoms with Crippen LogP contribution < -0.4 is 19.6 Å². The first kappa shape index (κ1) is 24.1. The van der Waals surface area contributed by atoms with E-state index in [2.05, 4.69) is 4.90 Å². The highest BCUT2D eigenvalue weighted by molar-refractivity contribution is 5.99. The third kappa shape index (κ3) is 4.08. The quantitative estimate of drug-likeness (QED) is 0.495. The van der Waals surface area contributed by atoms with Gasteiger partial charge < -0.3 is 28.3 Å². The van der Waals surface area contributed by atoms with Crippen LogP contribution in [-0.4, -0.2) is 76.4 Å². The predicted molar refractivity (Wildman–Crippen MR) is 133 cm³/mol. The molecule has 0 N–H and O–H groups in total. The maximum atomic E-state index is 13.8. The van der Waals surface area contributed by atoms with E-state index in [1.54, 1.807) is 29.2 Å². The molecule has 3 aromatic rings. The van der Waals surface area contributed by atoms with Crippen molar-refractivity contribution in [2.45, 2.75) is 13.0 Å². The molecule has 9 nitrogen and oxygen atoms in total. The van der Waals surface area contributed by atoms with Gasteiger partial charge in [-0.15, -0.1) is 0 Å². The third-order valence-electron chi connectivity index (χ3n) is 6.88. The predicted octanol–water partition coefficient (Wildman–Crippen LogP) is 3.00. The zero-order valence-electron chi connectivity index (χ0n) is 21.0. The van der Waals surface area contributed by atoms with E-state index in [1.807, 2.05) is 13.0 Å². The molecule has 2 aliphatic heterocycles. The molecule has 3 heterocycles. The van der Waals surface area contributed by atoms with E-state index in [1.165, 1.54) is 21.3 Å². The van der Waals surface area contributed by atoms with Crippen LogP contribution in [0, 0.1) is 6.92 Å². The smallest absolute Gasteiger partial charge is 0.290 e. The molecule has 5 rings (SSSR count). The molecule has 36 heavy (non-hydrogen) atoms. The molecule has 0 spiro atoms. The Hall–Kier alpha value is -3.56. The Labute approximate surface area is 209 Å². The van der Waals surface area contributed by atoms with Gasteiger partial charge in [0.2, 0.25) is 11.5 Å². The molecule has 190 valence electrons. The van der Waals surface area contributed by atoms with Crippen molar-refractivity contribution >= 4 is 16.9 Å². The monoisotopic (exact) mass is 494 g/mol. The maximum Gasteiger partial charge on any atom is 0.290 e. The standard InChI is InChI=1S/C27H30N2O7/c1-16-5-6-19-18(13-16)24(30)22-23(17-14-20(32-2)25(34-4)21(15-17)33-3)29(27(31)26(22)36-19)8-7-28-9-11-35-12-10-28/h5-6,13-15,23H,7-12H2,1-4H3. The second-order valence-electron chi connectivity index (χ2n) is 8.99. The zero-order valence-corrected chi connectivity index (χ0v) is 21.0. The Morgan fingerprint density at radius 3 is 2.28 bits per heavy atom. The highest BCUT2D eigenvalue weighted by atomic mass is 16.5. The fourth-order valence-corrected chi connectivity index (χ4v) is 5.04. The maximum absolute atomic E-state index is 13.8. The Bertz CT molecular complexity index is 1340. The summed E-state index contributed by atoms with van der Waals surface area (Å²) in [5, 5.41) is 0.453. The summed E-state index contributed by atoms with van der Waals surface area (Å²) in [5.41, 5.74) is 2.13. The van der Waals surface area contributed by atoms with Gasteiger partial charge in [0.1, 0.15) is 5.58 Å². The molecule has 1 aromatic heterocycles. The van der Waals surface area contributed by atoms with Crippen molar-refractivity contribution < 1.29 is 28.2 Å². The van der Waals surface area contributed by atoms with Crippen LogP contribution in [0.25, 0.3) is 11.0 Å². The number of carbonyl (C=O) groups excluding carboxylic acids is 1. The topological polar surface area (TPSA) is 90.7 Å². The lowest BCUT2D eigenvalue weighted by molar-refractivity contribution is 0.0314. The molecule has 1 amide bonds. The highest BCUT2D eigenvalue weighted by Crippen LogP contribution is 2.45. The van der Waals surface area contributed by atoms with E-state index < -0.39 is 6.04 Å². The van der Waals surface area contributed by atoms with Gasteiger partial charge >= 0.3 is 0 Å². The van der Waals surface area contributed by atoms with Gasteiger partial charge in [0.05, 0.1) is 51.5 Å². The van der Waals surface area contributed by atoms with Crippen molar-refractivity contribution in [2.24, 2.45) is 0 Å². The molecule has 0 aliphatic carbocycles. The van der Waals surface area contributed by atoms with Gasteiger partial charge in [-0.05, 0) is 36.8 Å². The van der Waals surface area contributed by atoms with Gasteiger partial charge in [-0.25, -0.2) is 0 Å². The van der Waals surface area contributed by atoms with Crippen LogP contribution in [0.5, 0.6) is 17.2 Å². The van der Waals surface area contributed by atoms with Crippen LogP contribution in [0.15, 0.2) is 39.5 Å². The Morgan fingerprint density at radius 1 is 0.944 bits per heavy atom. The number of nitrogens with zero attached hydrogens (tertiary/aromatic N) is 2. The lowest BCUT2D eigenvalue weighted by atomic mass is 9.97. The fourth-order valence-electron chi connectivity index (χ4n) is 5.04. The number of methoxy groups -OCH3 is 3. The first-order valence-electron chi connectivity index (χ1n) is 11.9. The number of carbonyl (C=O) groups is 1. The van der Waals surface area contributed by atoms with Gasteiger partial charge in [-0.2, -0.15) is 0 Å². The first-order chi connectivity index (χ1) is 17.5. The number of ether oxygens (including phenoxy) is 4. The van der Waals surface area contributed by atoms with Crippen molar-refractivity contribution in [3.05, 3.63) is 63.0 Å². The highest BCUT2D eigenvalue weighted by Gasteiger charge is 2.43. The Kier molecular flexibility index (Phi) is 6.59. The van der Waals surface area contributed by atoms with Crippen molar-refractivity contribution in [2.75, 3.05) is 60.7 Å². The second-order valence-corrected chi connectivity index (χ2v) is 8.99. The summed E-state index contributed by atoms with van der Waals surface area (Å²) in [4.78, 5) is 31.5. The summed E-state index contributed by atoms with van der Waals surface area (Å²) in [6.07, 6.45) is 0. The lowest BCUT2D eigenvalue weighted by Gasteiger charge is -2.31. The summed E-state index contributed by atoms with van der Waals surface area (Å²) in [7, 11) is 4.61. The number of hydrogen-bond acceptors (Lipinski definition) is 8. The molecule has 2 aromatic carbocycles. The van der Waals surface area contributed by atoms with Crippen molar-refractivity contribution in [3.8, 4) is 17.2 Å². The number of benzene rings is 2. The first-order valence-corrected chi connectivity index (χ1v) is 11.9. The fraction of sp³-hybridized carbons (Fsp3) is 0.407. The molecule has 0 saturated carbocycles. The molecule has 1 atom stereocenters.